The monoisotopic (exact) mass is 271 g/mol. The maximum absolute atomic E-state index is 12.0. The Morgan fingerprint density at radius 2 is 1.89 bits per heavy atom. The molecule has 1 atom stereocenters. The number of rotatable bonds is 0. The Labute approximate surface area is 114 Å². The van der Waals surface area contributed by atoms with Gasteiger partial charge >= 0.3 is 6.09 Å². The van der Waals surface area contributed by atoms with E-state index in [1.807, 2.05) is 27.7 Å². The molecule has 0 aromatic carbocycles. The van der Waals surface area contributed by atoms with Crippen molar-refractivity contribution in [3.8, 4) is 0 Å². The van der Waals surface area contributed by atoms with E-state index in [0.717, 1.165) is 12.8 Å². The van der Waals surface area contributed by atoms with E-state index in [1.165, 1.54) is 0 Å². The van der Waals surface area contributed by atoms with E-state index >= 15 is 0 Å². The van der Waals surface area contributed by atoms with Crippen molar-refractivity contribution in [2.45, 2.75) is 63.8 Å². The number of ether oxygens (including phenoxy) is 2. The van der Waals surface area contributed by atoms with Crippen molar-refractivity contribution in [2.24, 2.45) is 0 Å². The normalized spacial score (nSPS) is 30.7. The largest absolute Gasteiger partial charge is 0.444 e. The minimum Gasteiger partial charge on any atom is -0.444 e. The van der Waals surface area contributed by atoms with E-state index in [-0.39, 0.29) is 11.7 Å². The van der Waals surface area contributed by atoms with Gasteiger partial charge < -0.3 is 19.5 Å². The summed E-state index contributed by atoms with van der Waals surface area (Å²) in [7, 11) is 0. The summed E-state index contributed by atoms with van der Waals surface area (Å²) in [6.45, 7) is 9.06. The van der Waals surface area contributed by atoms with E-state index in [2.05, 4.69) is 0 Å². The highest BCUT2D eigenvalue weighted by Crippen LogP contribution is 2.40. The van der Waals surface area contributed by atoms with Gasteiger partial charge in [0.15, 0.2) is 0 Å². The smallest absolute Gasteiger partial charge is 0.410 e. The number of piperidine rings is 1. The second-order valence-corrected chi connectivity index (χ2v) is 7.11. The number of carbonyl (C=O) groups excluding carboxylic acids is 1. The Morgan fingerprint density at radius 3 is 2.32 bits per heavy atom. The molecule has 0 aliphatic carbocycles. The Balaban J connectivity index is 1.88. The summed E-state index contributed by atoms with van der Waals surface area (Å²) in [5, 5.41) is 10.0. The third-order valence-corrected chi connectivity index (χ3v) is 3.72. The van der Waals surface area contributed by atoms with E-state index < -0.39 is 11.2 Å². The van der Waals surface area contributed by atoms with Gasteiger partial charge in [0.25, 0.3) is 0 Å². The number of likely N-dealkylation sites (tertiary alicyclic amines) is 1. The first-order chi connectivity index (χ1) is 8.61. The van der Waals surface area contributed by atoms with Crippen LogP contribution in [0.3, 0.4) is 0 Å². The lowest BCUT2D eigenvalue weighted by Crippen LogP contribution is -2.48. The molecule has 2 fully saturated rings. The van der Waals surface area contributed by atoms with Gasteiger partial charge in [0.05, 0.1) is 17.8 Å². The summed E-state index contributed by atoms with van der Waals surface area (Å²) in [5.41, 5.74) is -1.43. The van der Waals surface area contributed by atoms with E-state index in [4.69, 9.17) is 9.47 Å². The van der Waals surface area contributed by atoms with E-state index in [1.54, 1.807) is 4.90 Å². The molecule has 1 unspecified atom stereocenters. The summed E-state index contributed by atoms with van der Waals surface area (Å²) in [6, 6.07) is 0. The molecule has 5 nitrogen and oxygen atoms in total. The molecule has 0 aromatic heterocycles. The first kappa shape index (κ1) is 14.6. The van der Waals surface area contributed by atoms with Gasteiger partial charge in [-0.1, -0.05) is 0 Å². The fourth-order valence-electron chi connectivity index (χ4n) is 2.85. The Hall–Kier alpha value is -0.810. The molecule has 1 N–H and O–H groups in total. The predicted octanol–water partition coefficient (Wildman–Crippen LogP) is 1.93. The Bertz CT molecular complexity index is 351. The molecule has 2 aliphatic rings. The van der Waals surface area contributed by atoms with Crippen LogP contribution < -0.4 is 0 Å². The molecular weight excluding hydrogens is 246 g/mol. The van der Waals surface area contributed by atoms with Gasteiger partial charge in [-0.05, 0) is 40.5 Å². The van der Waals surface area contributed by atoms with E-state index in [0.29, 0.717) is 26.1 Å². The molecule has 2 saturated heterocycles. The summed E-state index contributed by atoms with van der Waals surface area (Å²) in [6.07, 6.45) is 1.93. The van der Waals surface area contributed by atoms with Crippen molar-refractivity contribution < 1.29 is 19.4 Å². The van der Waals surface area contributed by atoms with Gasteiger partial charge in [-0.25, -0.2) is 4.79 Å². The molecule has 2 rings (SSSR count). The van der Waals surface area contributed by atoms with Crippen LogP contribution >= 0.6 is 0 Å². The van der Waals surface area contributed by atoms with Gasteiger partial charge in [-0.15, -0.1) is 0 Å². The maximum Gasteiger partial charge on any atom is 0.410 e. The highest BCUT2D eigenvalue weighted by atomic mass is 16.6. The standard InChI is InChI=1S/C14H25NO4/c1-12(2,3)19-11(16)15-7-5-14(6-8-15)9-13(4,17)10-18-14/h17H,5-10H2,1-4H3. The fourth-order valence-corrected chi connectivity index (χ4v) is 2.85. The molecule has 0 bridgehead atoms. The number of carbonyl (C=O) groups is 1. The Morgan fingerprint density at radius 1 is 1.32 bits per heavy atom. The molecule has 1 amide bonds. The number of nitrogens with zero attached hydrogens (tertiary/aromatic N) is 1. The predicted molar refractivity (Wildman–Crippen MR) is 71.0 cm³/mol. The highest BCUT2D eigenvalue weighted by molar-refractivity contribution is 5.68. The van der Waals surface area contributed by atoms with Gasteiger partial charge in [0.1, 0.15) is 5.60 Å². The number of hydrogen-bond acceptors (Lipinski definition) is 4. The lowest BCUT2D eigenvalue weighted by atomic mass is 9.84. The van der Waals surface area contributed by atoms with Crippen LogP contribution in [0.5, 0.6) is 0 Å². The van der Waals surface area contributed by atoms with Crippen LogP contribution in [0.25, 0.3) is 0 Å². The molecule has 1 spiro atoms. The SMILES string of the molecule is CC1(O)COC2(CCN(C(=O)OC(C)(C)C)CC2)C1. The topological polar surface area (TPSA) is 59.0 Å². The number of aliphatic hydroxyl groups is 1. The first-order valence-electron chi connectivity index (χ1n) is 6.95. The zero-order chi connectivity index (χ0) is 14.3. The molecule has 2 heterocycles. The zero-order valence-corrected chi connectivity index (χ0v) is 12.4. The summed E-state index contributed by atoms with van der Waals surface area (Å²) >= 11 is 0. The van der Waals surface area contributed by atoms with Crippen molar-refractivity contribution in [2.75, 3.05) is 19.7 Å². The first-order valence-corrected chi connectivity index (χ1v) is 6.95. The van der Waals surface area contributed by atoms with Crippen molar-refractivity contribution in [3.05, 3.63) is 0 Å². The van der Waals surface area contributed by atoms with Crippen LogP contribution in [-0.4, -0.2) is 52.6 Å². The number of amides is 1. The summed E-state index contributed by atoms with van der Waals surface area (Å²) in [4.78, 5) is 13.7. The third-order valence-electron chi connectivity index (χ3n) is 3.72. The molecular formula is C14H25NO4. The third kappa shape index (κ3) is 3.60. The maximum atomic E-state index is 12.0. The molecule has 2 aliphatic heterocycles. The minimum atomic E-state index is -0.728. The van der Waals surface area contributed by atoms with Gasteiger partial charge in [-0.3, -0.25) is 0 Å². The van der Waals surface area contributed by atoms with Gasteiger partial charge in [0, 0.05) is 19.5 Å². The average molecular weight is 271 g/mol. The molecule has 0 aromatic rings. The second kappa shape index (κ2) is 4.63. The van der Waals surface area contributed by atoms with Crippen LogP contribution in [0, 0.1) is 0 Å². The average Bonchev–Trinajstić information content (AvgIpc) is 2.53. The Kier molecular flexibility index (Phi) is 3.56. The zero-order valence-electron chi connectivity index (χ0n) is 12.4. The summed E-state index contributed by atoms with van der Waals surface area (Å²) in [5.74, 6) is 0. The van der Waals surface area contributed by atoms with Crippen molar-refractivity contribution in [3.63, 3.8) is 0 Å². The number of hydrogen-bond donors (Lipinski definition) is 1. The van der Waals surface area contributed by atoms with Crippen molar-refractivity contribution in [1.82, 2.24) is 4.90 Å². The van der Waals surface area contributed by atoms with Gasteiger partial charge in [0.2, 0.25) is 0 Å². The second-order valence-electron chi connectivity index (χ2n) is 7.11. The molecule has 19 heavy (non-hydrogen) atoms. The van der Waals surface area contributed by atoms with Crippen LogP contribution in [0.15, 0.2) is 0 Å². The van der Waals surface area contributed by atoms with Crippen molar-refractivity contribution in [1.29, 1.82) is 0 Å². The lowest BCUT2D eigenvalue weighted by Gasteiger charge is -2.39. The molecule has 0 radical (unpaired) electrons. The van der Waals surface area contributed by atoms with E-state index in [9.17, 15) is 9.90 Å². The minimum absolute atomic E-state index is 0.248. The molecule has 110 valence electrons. The van der Waals surface area contributed by atoms with Crippen LogP contribution in [0.2, 0.25) is 0 Å². The molecule has 5 heteroatoms. The van der Waals surface area contributed by atoms with Gasteiger partial charge in [-0.2, -0.15) is 0 Å². The van der Waals surface area contributed by atoms with Crippen LogP contribution in [-0.2, 0) is 9.47 Å². The van der Waals surface area contributed by atoms with Crippen molar-refractivity contribution >= 4 is 6.09 Å². The quantitative estimate of drug-likeness (QED) is 0.731. The molecule has 0 saturated carbocycles. The summed E-state index contributed by atoms with van der Waals surface area (Å²) < 4.78 is 11.2. The van der Waals surface area contributed by atoms with Crippen LogP contribution in [0.1, 0.15) is 47.0 Å². The fraction of sp³-hybridized carbons (Fsp3) is 0.929. The highest BCUT2D eigenvalue weighted by Gasteiger charge is 2.48. The van der Waals surface area contributed by atoms with Crippen LogP contribution in [0.4, 0.5) is 4.79 Å². The lowest BCUT2D eigenvalue weighted by molar-refractivity contribution is -0.0505.